The minimum atomic E-state index is -4.92. The molecule has 1 N–H and O–H groups in total. The maximum Gasteiger partial charge on any atom is 0.337 e. The molecular formula is C8H6ClFO4S. The molecule has 0 amide bonds. The molecule has 82 valence electrons. The molecule has 0 bridgehead atoms. The summed E-state index contributed by atoms with van der Waals surface area (Å²) in [5.74, 6) is -1.41. The van der Waals surface area contributed by atoms with Gasteiger partial charge in [0.05, 0.1) is 15.5 Å². The molecule has 0 heterocycles. The molecule has 0 radical (unpaired) electrons. The maximum absolute atomic E-state index is 12.6. The van der Waals surface area contributed by atoms with Crippen LogP contribution in [-0.2, 0) is 10.2 Å². The van der Waals surface area contributed by atoms with Crippen LogP contribution in [0, 0.1) is 6.92 Å². The van der Waals surface area contributed by atoms with Crippen molar-refractivity contribution in [3.05, 3.63) is 28.3 Å². The van der Waals surface area contributed by atoms with Crippen LogP contribution in [-0.4, -0.2) is 19.5 Å². The molecule has 1 aromatic rings. The summed E-state index contributed by atoms with van der Waals surface area (Å²) in [7, 11) is -4.92. The van der Waals surface area contributed by atoms with E-state index in [0.29, 0.717) is 6.07 Å². The SMILES string of the molecule is Cc1cc(S(=O)(=O)F)cc(C(=O)O)c1Cl. The summed E-state index contributed by atoms with van der Waals surface area (Å²) < 4.78 is 33.7. The minimum absolute atomic E-state index is 0.102. The van der Waals surface area contributed by atoms with Gasteiger partial charge in [-0.1, -0.05) is 11.6 Å². The number of carboxylic acid groups (broad SMARTS) is 1. The lowest BCUT2D eigenvalue weighted by molar-refractivity contribution is 0.0696. The lowest BCUT2D eigenvalue weighted by atomic mass is 10.1. The van der Waals surface area contributed by atoms with Crippen LogP contribution in [0.4, 0.5) is 3.89 Å². The Morgan fingerprint density at radius 1 is 1.47 bits per heavy atom. The van der Waals surface area contributed by atoms with Crippen LogP contribution >= 0.6 is 11.6 Å². The summed E-state index contributed by atoms with van der Waals surface area (Å²) in [5.41, 5.74) is -0.249. The Kier molecular flexibility index (Phi) is 3.01. The van der Waals surface area contributed by atoms with E-state index in [9.17, 15) is 17.1 Å². The normalized spacial score (nSPS) is 11.4. The second-order valence-electron chi connectivity index (χ2n) is 2.84. The van der Waals surface area contributed by atoms with Crippen molar-refractivity contribution >= 4 is 27.8 Å². The summed E-state index contributed by atoms with van der Waals surface area (Å²) in [6, 6.07) is 1.66. The molecule has 0 atom stereocenters. The fourth-order valence-electron chi connectivity index (χ4n) is 1.03. The first-order valence-electron chi connectivity index (χ1n) is 3.71. The third-order valence-corrected chi connectivity index (χ3v) is 3.04. The number of hydrogen-bond acceptors (Lipinski definition) is 3. The Morgan fingerprint density at radius 2 is 2.00 bits per heavy atom. The molecule has 1 aromatic carbocycles. The van der Waals surface area contributed by atoms with E-state index in [2.05, 4.69) is 0 Å². The van der Waals surface area contributed by atoms with Gasteiger partial charge in [-0.25, -0.2) is 4.79 Å². The van der Waals surface area contributed by atoms with Crippen molar-refractivity contribution in [2.45, 2.75) is 11.8 Å². The number of carbonyl (C=O) groups is 1. The Labute approximate surface area is 90.5 Å². The monoisotopic (exact) mass is 252 g/mol. The Morgan fingerprint density at radius 3 is 2.40 bits per heavy atom. The topological polar surface area (TPSA) is 71.4 Å². The number of halogens is 2. The summed E-state index contributed by atoms with van der Waals surface area (Å²) in [6.07, 6.45) is 0. The van der Waals surface area contributed by atoms with Gasteiger partial charge >= 0.3 is 16.2 Å². The molecule has 0 aliphatic carbocycles. The highest BCUT2D eigenvalue weighted by atomic mass is 35.5. The van der Waals surface area contributed by atoms with Crippen LogP contribution in [0.15, 0.2) is 17.0 Å². The van der Waals surface area contributed by atoms with Crippen molar-refractivity contribution in [2.24, 2.45) is 0 Å². The van der Waals surface area contributed by atoms with Crippen LogP contribution in [0.25, 0.3) is 0 Å². The molecule has 0 saturated carbocycles. The molecule has 0 spiro atoms. The first-order chi connectivity index (χ1) is 6.73. The van der Waals surface area contributed by atoms with Crippen molar-refractivity contribution in [1.82, 2.24) is 0 Å². The number of benzene rings is 1. The van der Waals surface area contributed by atoms with Crippen LogP contribution < -0.4 is 0 Å². The molecule has 0 fully saturated rings. The molecule has 0 aliphatic heterocycles. The first kappa shape index (κ1) is 11.9. The maximum atomic E-state index is 12.6. The lowest BCUT2D eigenvalue weighted by Gasteiger charge is -2.04. The van der Waals surface area contributed by atoms with Crippen molar-refractivity contribution in [3.8, 4) is 0 Å². The van der Waals surface area contributed by atoms with Crippen LogP contribution in [0.3, 0.4) is 0 Å². The molecule has 7 heteroatoms. The smallest absolute Gasteiger partial charge is 0.337 e. The van der Waals surface area contributed by atoms with Gasteiger partial charge in [0.25, 0.3) is 0 Å². The van der Waals surface area contributed by atoms with E-state index < -0.39 is 26.7 Å². The quantitative estimate of drug-likeness (QED) is 0.818. The number of hydrogen-bond donors (Lipinski definition) is 1. The molecule has 0 unspecified atom stereocenters. The summed E-state index contributed by atoms with van der Waals surface area (Å²) in [5, 5.41) is 8.58. The van der Waals surface area contributed by atoms with E-state index in [1.807, 2.05) is 0 Å². The van der Waals surface area contributed by atoms with E-state index in [4.69, 9.17) is 16.7 Å². The van der Waals surface area contributed by atoms with E-state index in [0.717, 1.165) is 6.07 Å². The van der Waals surface area contributed by atoms with Gasteiger partial charge in [-0.3, -0.25) is 0 Å². The lowest BCUT2D eigenvalue weighted by Crippen LogP contribution is -2.02. The molecule has 1 rings (SSSR count). The van der Waals surface area contributed by atoms with Gasteiger partial charge in [-0.05, 0) is 24.6 Å². The Bertz CT molecular complexity index is 524. The molecule has 0 saturated heterocycles. The second-order valence-corrected chi connectivity index (χ2v) is 4.57. The fourth-order valence-corrected chi connectivity index (χ4v) is 1.80. The highest BCUT2D eigenvalue weighted by Gasteiger charge is 2.19. The van der Waals surface area contributed by atoms with E-state index in [-0.39, 0.29) is 10.6 Å². The molecule has 4 nitrogen and oxygen atoms in total. The van der Waals surface area contributed by atoms with Gasteiger partial charge in [-0.15, -0.1) is 3.89 Å². The average Bonchev–Trinajstić information content (AvgIpc) is 2.06. The third-order valence-electron chi connectivity index (χ3n) is 1.74. The van der Waals surface area contributed by atoms with Crippen molar-refractivity contribution in [3.63, 3.8) is 0 Å². The van der Waals surface area contributed by atoms with E-state index in [1.165, 1.54) is 6.92 Å². The zero-order valence-electron chi connectivity index (χ0n) is 7.49. The summed E-state index contributed by atoms with van der Waals surface area (Å²) >= 11 is 5.61. The van der Waals surface area contributed by atoms with Crippen molar-refractivity contribution in [2.75, 3.05) is 0 Å². The largest absolute Gasteiger partial charge is 0.478 e. The summed E-state index contributed by atoms with van der Waals surface area (Å²) in [6.45, 7) is 1.39. The van der Waals surface area contributed by atoms with Gasteiger partial charge < -0.3 is 5.11 Å². The number of carboxylic acids is 1. The molecule has 0 aliphatic rings. The highest BCUT2D eigenvalue weighted by molar-refractivity contribution is 7.86. The third kappa shape index (κ3) is 2.45. The van der Waals surface area contributed by atoms with Crippen molar-refractivity contribution < 1.29 is 22.2 Å². The van der Waals surface area contributed by atoms with E-state index >= 15 is 0 Å². The first-order valence-corrected chi connectivity index (χ1v) is 5.47. The number of aromatic carboxylic acids is 1. The van der Waals surface area contributed by atoms with Gasteiger partial charge in [0.2, 0.25) is 0 Å². The molecular weight excluding hydrogens is 247 g/mol. The predicted octanol–water partition coefficient (Wildman–Crippen LogP) is 2.00. The highest BCUT2D eigenvalue weighted by Crippen LogP contribution is 2.25. The average molecular weight is 253 g/mol. The van der Waals surface area contributed by atoms with Gasteiger partial charge in [-0.2, -0.15) is 8.42 Å². The zero-order valence-corrected chi connectivity index (χ0v) is 9.06. The second kappa shape index (κ2) is 3.79. The predicted molar refractivity (Wildman–Crippen MR) is 51.4 cm³/mol. The minimum Gasteiger partial charge on any atom is -0.478 e. The van der Waals surface area contributed by atoms with Gasteiger partial charge in [0.15, 0.2) is 0 Å². The Hall–Kier alpha value is -1.14. The van der Waals surface area contributed by atoms with Crippen LogP contribution in [0.2, 0.25) is 5.02 Å². The summed E-state index contributed by atoms with van der Waals surface area (Å²) in [4.78, 5) is 9.94. The molecule has 0 aromatic heterocycles. The Balaban J connectivity index is 3.57. The zero-order chi connectivity index (χ0) is 11.8. The van der Waals surface area contributed by atoms with E-state index in [1.54, 1.807) is 0 Å². The fraction of sp³-hybridized carbons (Fsp3) is 0.125. The standard InChI is InChI=1S/C8H6ClFO4S/c1-4-2-5(15(10,13)14)3-6(7(4)9)8(11)12/h2-3H,1H3,(H,11,12). The van der Waals surface area contributed by atoms with Crippen LogP contribution in [0.5, 0.6) is 0 Å². The van der Waals surface area contributed by atoms with Crippen molar-refractivity contribution in [1.29, 1.82) is 0 Å². The number of aryl methyl sites for hydroxylation is 1. The number of rotatable bonds is 2. The van der Waals surface area contributed by atoms with Crippen LogP contribution in [0.1, 0.15) is 15.9 Å². The van der Waals surface area contributed by atoms with Gasteiger partial charge in [0, 0.05) is 0 Å². The molecule has 15 heavy (non-hydrogen) atoms. The van der Waals surface area contributed by atoms with Gasteiger partial charge in [0.1, 0.15) is 0 Å².